The van der Waals surface area contributed by atoms with Crippen LogP contribution in [0.3, 0.4) is 0 Å². The van der Waals surface area contributed by atoms with Crippen molar-refractivity contribution in [2.24, 2.45) is 5.92 Å². The molecule has 0 atom stereocenters. The molecule has 0 aliphatic rings. The molecule has 0 amide bonds. The van der Waals surface area contributed by atoms with E-state index in [0.29, 0.717) is 5.92 Å². The van der Waals surface area contributed by atoms with Crippen LogP contribution in [-0.4, -0.2) is 8.30 Å². The third-order valence-electron chi connectivity index (χ3n) is 0.983. The molecule has 0 nitrogen and oxygen atoms in total. The van der Waals surface area contributed by atoms with E-state index in [0.717, 1.165) is 0 Å². The van der Waals surface area contributed by atoms with E-state index in [1.165, 1.54) is 28.8 Å². The Morgan fingerprint density at radius 3 is 2.11 bits per heavy atom. The molecule has 0 heterocycles. The van der Waals surface area contributed by atoms with Crippen LogP contribution in [0, 0.1) is 5.92 Å². The Balaban J connectivity index is 4.04. The Morgan fingerprint density at radius 2 is 2.00 bits per heavy atom. The van der Waals surface area contributed by atoms with Crippen molar-refractivity contribution in [1.82, 2.24) is 0 Å². The molecular formula is C7H10W2. The molecule has 0 spiro atoms. The zero-order chi connectivity index (χ0) is 7.44. The minimum absolute atomic E-state index is 0.683. The van der Waals surface area contributed by atoms with Crippen molar-refractivity contribution in [1.29, 1.82) is 0 Å². The molecule has 0 fully saturated rings. The van der Waals surface area contributed by atoms with E-state index in [1.54, 1.807) is 19.4 Å². The maximum atomic E-state index is 3.94. The van der Waals surface area contributed by atoms with Crippen LogP contribution in [0.4, 0.5) is 0 Å². The van der Waals surface area contributed by atoms with E-state index in [9.17, 15) is 0 Å². The van der Waals surface area contributed by atoms with Crippen LogP contribution in [0.5, 0.6) is 0 Å². The van der Waals surface area contributed by atoms with Crippen LogP contribution in [-0.2, 0) is 38.7 Å². The van der Waals surface area contributed by atoms with Crippen molar-refractivity contribution < 1.29 is 38.7 Å². The summed E-state index contributed by atoms with van der Waals surface area (Å²) in [6.07, 6.45) is 0. The molecule has 0 aromatic carbocycles. The van der Waals surface area contributed by atoms with Gasteiger partial charge in [0.25, 0.3) is 0 Å². The van der Waals surface area contributed by atoms with Gasteiger partial charge in [-0.3, -0.25) is 0 Å². The van der Waals surface area contributed by atoms with Gasteiger partial charge in [-0.05, 0) is 0 Å². The van der Waals surface area contributed by atoms with Crippen molar-refractivity contribution in [2.75, 3.05) is 0 Å². The van der Waals surface area contributed by atoms with Gasteiger partial charge in [0, 0.05) is 0 Å². The van der Waals surface area contributed by atoms with E-state index < -0.39 is 0 Å². The second kappa shape index (κ2) is 4.64. The summed E-state index contributed by atoms with van der Waals surface area (Å²) in [6.45, 7) is 8.37. The third kappa shape index (κ3) is 3.53. The predicted octanol–water partition coefficient (Wildman–Crippen LogP) is 1.27. The van der Waals surface area contributed by atoms with E-state index in [4.69, 9.17) is 0 Å². The molecule has 0 aliphatic carbocycles. The van der Waals surface area contributed by atoms with Crippen LogP contribution >= 0.6 is 0 Å². The standard InChI is InChI=1S/C7H10.2W/c1-6(2)5-7(3)4;;/h1,7H,2H2,3-4H3;;. The van der Waals surface area contributed by atoms with Gasteiger partial charge in [-0.25, -0.2) is 0 Å². The summed E-state index contributed by atoms with van der Waals surface area (Å²) in [5.74, 6) is 0.683. The van der Waals surface area contributed by atoms with Gasteiger partial charge in [0.1, 0.15) is 0 Å². The van der Waals surface area contributed by atoms with E-state index in [-0.39, 0.29) is 0 Å². The molecule has 0 saturated heterocycles. The van der Waals surface area contributed by atoms with Crippen LogP contribution < -0.4 is 0 Å². The van der Waals surface area contributed by atoms with Gasteiger partial charge < -0.3 is 0 Å². The Morgan fingerprint density at radius 1 is 1.56 bits per heavy atom. The van der Waals surface area contributed by atoms with Gasteiger partial charge in [-0.1, -0.05) is 0 Å². The summed E-state index contributed by atoms with van der Waals surface area (Å²) in [4.78, 5) is 0. The SMILES string of the molecule is C=C([CH]=[W])[C](=[W])C(C)C. The molecular weight excluding hydrogens is 452 g/mol. The van der Waals surface area contributed by atoms with Crippen molar-refractivity contribution in [3.05, 3.63) is 12.2 Å². The summed E-state index contributed by atoms with van der Waals surface area (Å²) in [7, 11) is 0. The summed E-state index contributed by atoms with van der Waals surface area (Å²) in [5, 5.41) is 0. The normalized spacial score (nSPS) is 9.22. The minimum atomic E-state index is 0.683. The number of hydrogen-bond acceptors (Lipinski definition) is 0. The molecule has 0 rings (SSSR count). The van der Waals surface area contributed by atoms with Crippen LogP contribution in [0.1, 0.15) is 13.8 Å². The topological polar surface area (TPSA) is 0 Å². The Hall–Kier alpha value is 0.857. The molecule has 0 aromatic rings. The zero-order valence-electron chi connectivity index (χ0n) is 5.68. The molecule has 9 heavy (non-hydrogen) atoms. The maximum absolute atomic E-state index is 3.94. The molecule has 0 unspecified atom stereocenters. The average molecular weight is 462 g/mol. The summed E-state index contributed by atoms with van der Waals surface area (Å²) in [5.41, 5.74) is 1.25. The second-order valence-corrected chi connectivity index (χ2v) is 4.59. The van der Waals surface area contributed by atoms with Crippen molar-refractivity contribution in [3.63, 3.8) is 0 Å². The Kier molecular flexibility index (Phi) is 5.08. The summed E-state index contributed by atoms with van der Waals surface area (Å²) >= 11 is 3.05. The Bertz CT molecular complexity index is 145. The van der Waals surface area contributed by atoms with Crippen molar-refractivity contribution in [3.8, 4) is 0 Å². The average Bonchev–Trinajstić information content (AvgIpc) is 1.84. The van der Waals surface area contributed by atoms with E-state index in [2.05, 4.69) is 24.8 Å². The van der Waals surface area contributed by atoms with E-state index in [1.807, 2.05) is 0 Å². The molecule has 0 bridgehead atoms. The van der Waals surface area contributed by atoms with Gasteiger partial charge >= 0.3 is 78.9 Å². The van der Waals surface area contributed by atoms with Crippen molar-refractivity contribution in [2.45, 2.75) is 13.8 Å². The molecule has 0 aliphatic heterocycles. The molecule has 0 N–H and O–H groups in total. The first-order valence-electron chi connectivity index (χ1n) is 2.78. The fraction of sp³-hybridized carbons (Fsp3) is 0.429. The molecule has 50 valence electrons. The first-order chi connectivity index (χ1) is 4.09. The van der Waals surface area contributed by atoms with Gasteiger partial charge in [-0.15, -0.1) is 0 Å². The molecule has 0 aromatic heterocycles. The fourth-order valence-corrected chi connectivity index (χ4v) is 2.26. The predicted molar refractivity (Wildman–Crippen MR) is 35.0 cm³/mol. The number of hydrogen-bond donors (Lipinski definition) is 0. The fourth-order valence-electron chi connectivity index (χ4n) is 0.429. The Labute approximate surface area is 78.5 Å². The molecule has 2 heteroatoms. The zero-order valence-corrected chi connectivity index (χ0v) is 11.5. The third-order valence-corrected chi connectivity index (χ3v) is 4.64. The molecule has 0 radical (unpaired) electrons. The second-order valence-electron chi connectivity index (χ2n) is 2.16. The summed E-state index contributed by atoms with van der Waals surface area (Å²) in [6, 6.07) is 0. The van der Waals surface area contributed by atoms with Gasteiger partial charge in [0.05, 0.1) is 0 Å². The van der Waals surface area contributed by atoms with Crippen LogP contribution in [0.25, 0.3) is 0 Å². The van der Waals surface area contributed by atoms with Gasteiger partial charge in [0.15, 0.2) is 0 Å². The quantitative estimate of drug-likeness (QED) is 0.594. The number of rotatable bonds is 3. The van der Waals surface area contributed by atoms with Crippen LogP contribution in [0.15, 0.2) is 12.2 Å². The summed E-state index contributed by atoms with van der Waals surface area (Å²) < 4.78 is 3.65. The monoisotopic (exact) mass is 462 g/mol. The first kappa shape index (κ1) is 9.86. The number of allylic oxidation sites excluding steroid dienone is 1. The van der Waals surface area contributed by atoms with Crippen molar-refractivity contribution >= 4 is 8.30 Å². The van der Waals surface area contributed by atoms with Gasteiger partial charge in [0.2, 0.25) is 0 Å². The van der Waals surface area contributed by atoms with Crippen LogP contribution in [0.2, 0.25) is 0 Å². The van der Waals surface area contributed by atoms with E-state index >= 15 is 0 Å². The van der Waals surface area contributed by atoms with Gasteiger partial charge in [-0.2, -0.15) is 0 Å². The molecule has 0 saturated carbocycles. The first-order valence-corrected chi connectivity index (χ1v) is 5.94.